The number of amides is 2. The Hall–Kier alpha value is -2.72. The highest BCUT2D eigenvalue weighted by Crippen LogP contribution is 2.35. The molecule has 0 aromatic heterocycles. The Morgan fingerprint density at radius 3 is 1.66 bits per heavy atom. The van der Waals surface area contributed by atoms with Crippen molar-refractivity contribution >= 4 is 23.8 Å². The first-order chi connectivity index (χ1) is 24.9. The predicted molar refractivity (Wildman–Crippen MR) is 165 cm³/mol. The first-order valence-corrected chi connectivity index (χ1v) is 16.7. The van der Waals surface area contributed by atoms with Crippen molar-refractivity contribution in [3.8, 4) is 0 Å². The third-order valence-electron chi connectivity index (χ3n) is 9.38. The molecule has 4 rings (SSSR count). The average Bonchev–Trinajstić information content (AvgIpc) is 3.09. The molecule has 19 atom stereocenters. The second-order valence-electron chi connectivity index (χ2n) is 13.1. The van der Waals surface area contributed by atoms with Crippen molar-refractivity contribution in [2.24, 2.45) is 0 Å². The van der Waals surface area contributed by atoms with Gasteiger partial charge in [0.15, 0.2) is 31.1 Å². The van der Waals surface area contributed by atoms with E-state index in [1.807, 2.05) is 0 Å². The Kier molecular flexibility index (Phi) is 14.8. The molecule has 4 saturated heterocycles. The minimum Gasteiger partial charge on any atom is -0.479 e. The van der Waals surface area contributed by atoms with Crippen LogP contribution in [-0.4, -0.2) is 206 Å². The van der Waals surface area contributed by atoms with Crippen molar-refractivity contribution in [1.82, 2.24) is 10.6 Å². The highest BCUT2D eigenvalue weighted by Gasteiger charge is 2.56. The number of rotatable bonds is 13. The van der Waals surface area contributed by atoms with Crippen LogP contribution in [0.4, 0.5) is 0 Å². The number of ether oxygens (including phenoxy) is 8. The van der Waals surface area contributed by atoms with Crippen LogP contribution in [0.5, 0.6) is 0 Å². The van der Waals surface area contributed by atoms with Gasteiger partial charge in [0.2, 0.25) is 11.8 Å². The maximum atomic E-state index is 12.5. The lowest BCUT2D eigenvalue weighted by Crippen LogP contribution is -2.70. The molecule has 0 bridgehead atoms. The maximum absolute atomic E-state index is 12.5. The van der Waals surface area contributed by atoms with Crippen LogP contribution in [0.15, 0.2) is 0 Å². The van der Waals surface area contributed by atoms with Crippen molar-refractivity contribution in [2.45, 2.75) is 144 Å². The van der Waals surface area contributed by atoms with E-state index in [-0.39, 0.29) is 6.42 Å². The Labute approximate surface area is 301 Å². The van der Waals surface area contributed by atoms with E-state index >= 15 is 0 Å². The number of aliphatic carboxylic acids is 2. The second-order valence-corrected chi connectivity index (χ2v) is 13.1. The Balaban J connectivity index is 1.62. The molecule has 8 unspecified atom stereocenters. The van der Waals surface area contributed by atoms with Crippen molar-refractivity contribution in [3.05, 3.63) is 0 Å². The summed E-state index contributed by atoms with van der Waals surface area (Å²) in [5.41, 5.74) is 0. The molecule has 23 nitrogen and oxygen atoms in total. The Morgan fingerprint density at radius 2 is 1.15 bits per heavy atom. The van der Waals surface area contributed by atoms with Crippen molar-refractivity contribution in [1.29, 1.82) is 0 Å². The van der Waals surface area contributed by atoms with Gasteiger partial charge in [-0.2, -0.15) is 0 Å². The van der Waals surface area contributed by atoms with Gasteiger partial charge in [-0.05, 0) is 6.92 Å². The summed E-state index contributed by atoms with van der Waals surface area (Å²) >= 11 is 0. The van der Waals surface area contributed by atoms with Gasteiger partial charge in [0.1, 0.15) is 67.1 Å². The number of carboxylic acid groups (broad SMARTS) is 2. The first-order valence-electron chi connectivity index (χ1n) is 16.7. The molecule has 4 aliphatic rings. The van der Waals surface area contributed by atoms with E-state index in [9.17, 15) is 65.1 Å². The van der Waals surface area contributed by atoms with E-state index in [4.69, 9.17) is 37.9 Å². The summed E-state index contributed by atoms with van der Waals surface area (Å²) in [5.74, 6) is -4.57. The van der Waals surface area contributed by atoms with Gasteiger partial charge in [0.25, 0.3) is 0 Å². The molecule has 4 fully saturated rings. The fraction of sp³-hybridized carbons (Fsp3) is 0.867. The van der Waals surface area contributed by atoms with E-state index in [1.165, 1.54) is 14.0 Å². The third kappa shape index (κ3) is 9.57. The quantitative estimate of drug-likeness (QED) is 0.0829. The fourth-order valence-electron chi connectivity index (χ4n) is 6.71. The van der Waals surface area contributed by atoms with E-state index in [1.54, 1.807) is 0 Å². The van der Waals surface area contributed by atoms with Gasteiger partial charge in [-0.15, -0.1) is 0 Å². The molecule has 4 heterocycles. The molecule has 304 valence electrons. The molecule has 11 N–H and O–H groups in total. The first kappa shape index (κ1) is 43.0. The van der Waals surface area contributed by atoms with Crippen LogP contribution in [0, 0.1) is 0 Å². The zero-order chi connectivity index (χ0) is 39.5. The number of methoxy groups -OCH3 is 1. The van der Waals surface area contributed by atoms with E-state index in [0.717, 1.165) is 13.8 Å². The third-order valence-corrected chi connectivity index (χ3v) is 9.38. The molecule has 0 aliphatic carbocycles. The van der Waals surface area contributed by atoms with Gasteiger partial charge in [-0.3, -0.25) is 9.59 Å². The fourth-order valence-corrected chi connectivity index (χ4v) is 6.71. The minimum atomic E-state index is -2.19. The Morgan fingerprint density at radius 1 is 0.642 bits per heavy atom. The molecule has 0 aromatic carbocycles. The van der Waals surface area contributed by atoms with Gasteiger partial charge < -0.3 is 94.5 Å². The van der Waals surface area contributed by atoms with E-state index in [2.05, 4.69) is 10.6 Å². The number of aliphatic hydroxyl groups is 7. The number of nitrogens with one attached hydrogen (secondary N) is 2. The van der Waals surface area contributed by atoms with Crippen molar-refractivity contribution in [3.63, 3.8) is 0 Å². The normalized spacial score (nSPS) is 44.8. The van der Waals surface area contributed by atoms with E-state index < -0.39 is 153 Å². The van der Waals surface area contributed by atoms with Gasteiger partial charge in [-0.25, -0.2) is 9.59 Å². The van der Waals surface area contributed by atoms with Crippen LogP contribution in [0.25, 0.3) is 0 Å². The average molecular weight is 773 g/mol. The Bertz CT molecular complexity index is 1280. The number of carbonyl (C=O) groups excluding carboxylic acids is 2. The van der Waals surface area contributed by atoms with Crippen LogP contribution >= 0.6 is 0 Å². The summed E-state index contributed by atoms with van der Waals surface area (Å²) in [7, 11) is 1.20. The summed E-state index contributed by atoms with van der Waals surface area (Å²) in [6, 6.07) is -2.77. The summed E-state index contributed by atoms with van der Waals surface area (Å²) in [5, 5.41) is 99.6. The van der Waals surface area contributed by atoms with Crippen LogP contribution in [-0.2, 0) is 57.1 Å². The van der Waals surface area contributed by atoms with Crippen LogP contribution < -0.4 is 10.6 Å². The molecule has 4 aliphatic heterocycles. The topological polar surface area (TPSA) is 348 Å². The van der Waals surface area contributed by atoms with Gasteiger partial charge in [0, 0.05) is 27.4 Å². The number of carbonyl (C=O) groups is 4. The lowest BCUT2D eigenvalue weighted by molar-refractivity contribution is -0.364. The predicted octanol–water partition coefficient (Wildman–Crippen LogP) is -6.52. The lowest BCUT2D eigenvalue weighted by Gasteiger charge is -2.49. The smallest absolute Gasteiger partial charge is 0.335 e. The number of hydrogen-bond acceptors (Lipinski definition) is 19. The van der Waals surface area contributed by atoms with Crippen molar-refractivity contribution in [2.75, 3.05) is 20.3 Å². The summed E-state index contributed by atoms with van der Waals surface area (Å²) < 4.78 is 44.7. The molecular weight excluding hydrogens is 724 g/mol. The van der Waals surface area contributed by atoms with Gasteiger partial charge in [0.05, 0.1) is 31.5 Å². The maximum Gasteiger partial charge on any atom is 0.335 e. The zero-order valence-corrected chi connectivity index (χ0v) is 29.0. The van der Waals surface area contributed by atoms with Crippen LogP contribution in [0.2, 0.25) is 0 Å². The second kappa shape index (κ2) is 18.3. The van der Waals surface area contributed by atoms with Gasteiger partial charge in [-0.1, -0.05) is 0 Å². The van der Waals surface area contributed by atoms with Gasteiger partial charge >= 0.3 is 11.9 Å². The highest BCUT2D eigenvalue weighted by atomic mass is 16.8. The van der Waals surface area contributed by atoms with E-state index in [0.29, 0.717) is 0 Å². The molecule has 23 heteroatoms. The molecule has 0 radical (unpaired) electrons. The summed E-state index contributed by atoms with van der Waals surface area (Å²) in [4.78, 5) is 48.6. The zero-order valence-electron chi connectivity index (χ0n) is 29.0. The van der Waals surface area contributed by atoms with Crippen LogP contribution in [0.1, 0.15) is 27.2 Å². The molecule has 0 aromatic rings. The summed E-state index contributed by atoms with van der Waals surface area (Å²) in [6.07, 6.45) is -29.3. The molecule has 0 spiro atoms. The largest absolute Gasteiger partial charge is 0.479 e. The van der Waals surface area contributed by atoms with Crippen LogP contribution in [0.3, 0.4) is 0 Å². The lowest BCUT2D eigenvalue weighted by atomic mass is 9.92. The van der Waals surface area contributed by atoms with Crippen molar-refractivity contribution < 1.29 is 103 Å². The number of hydrogen-bond donors (Lipinski definition) is 11. The number of carboxylic acids is 2. The molecule has 0 saturated carbocycles. The molecular formula is C30H48N2O21. The minimum absolute atomic E-state index is 0.283. The molecule has 2 amide bonds. The SMILES string of the molecule is CO[C@H]1CC(C(=O)O)O[C@@H](O[C@@H]2C(NC(C)=O)[C@H](O[C@@H]3C(C(=O)O)O[C@@H](O[C@@H]4C(NC(C)=O)[C@H](C)OC(CO)[C@H]4O)C(O)[C@H]3O)OC(CO)[C@H]2O)C1O. The number of aliphatic hydroxyl groups excluding tert-OH is 7. The highest BCUT2D eigenvalue weighted by molar-refractivity contribution is 5.74. The molecule has 53 heavy (non-hydrogen) atoms. The summed E-state index contributed by atoms with van der Waals surface area (Å²) in [6.45, 7) is 2.08. The standard InChI is InChI=1S/C30H48N2O21/c1-8-15(31-9(2)35)22(17(37)13(6-33)47-8)50-30-21(41)20(40)24(25(53-30)27(44)45)52-28-16(32-10(3)36)23(18(38)14(7-34)49-28)51-29-19(39)11(46-4)5-12(48-29)26(42)43/h8,11-25,28-30,33-34,37-41H,5-7H2,1-4H3,(H,31,35)(H,32,36)(H,42,43)(H,44,45)/t8-,11-,12?,13?,14?,15?,16?,17+,18+,19?,20+,21?,22+,23+,24-,25?,28-,29-,30+/m0/s1. The monoisotopic (exact) mass is 772 g/mol.